The second-order valence-corrected chi connectivity index (χ2v) is 4.81. The van der Waals surface area contributed by atoms with E-state index >= 15 is 0 Å². The van der Waals surface area contributed by atoms with Crippen molar-refractivity contribution in [2.75, 3.05) is 11.9 Å². The second kappa shape index (κ2) is 6.18. The van der Waals surface area contributed by atoms with Crippen molar-refractivity contribution >= 4 is 5.69 Å². The van der Waals surface area contributed by atoms with Crippen molar-refractivity contribution in [2.45, 2.75) is 19.1 Å². The van der Waals surface area contributed by atoms with Crippen LogP contribution in [0.4, 0.5) is 18.9 Å². The molecule has 2 aromatic carbocycles. The van der Waals surface area contributed by atoms with Gasteiger partial charge in [-0.05, 0) is 36.2 Å². The fraction of sp³-hybridized carbons (Fsp3) is 0.250. The lowest BCUT2D eigenvalue weighted by atomic mass is 10.0. The third-order valence-electron chi connectivity index (χ3n) is 3.30. The molecule has 1 atom stereocenters. The number of halogens is 3. The molecule has 2 rings (SSSR count). The fourth-order valence-corrected chi connectivity index (χ4v) is 2.06. The molecule has 112 valence electrons. The number of hydrogen-bond donors (Lipinski definition) is 2. The number of rotatable bonds is 4. The first-order chi connectivity index (χ1) is 9.91. The molecule has 0 aliphatic carbocycles. The molecule has 0 aromatic heterocycles. The minimum atomic E-state index is -4.35. The minimum Gasteiger partial charge on any atom is -0.394 e. The number of nitrogens with one attached hydrogen (secondary N) is 1. The van der Waals surface area contributed by atoms with Gasteiger partial charge in [0.05, 0.1) is 18.2 Å². The van der Waals surface area contributed by atoms with Crippen molar-refractivity contribution in [3.63, 3.8) is 0 Å². The first-order valence-electron chi connectivity index (χ1n) is 6.52. The summed E-state index contributed by atoms with van der Waals surface area (Å²) in [5.74, 6) is 0. The molecule has 0 fully saturated rings. The molecule has 0 amide bonds. The van der Waals surface area contributed by atoms with Gasteiger partial charge in [-0.15, -0.1) is 0 Å². The largest absolute Gasteiger partial charge is 0.416 e. The topological polar surface area (TPSA) is 32.3 Å². The van der Waals surface area contributed by atoms with Crippen LogP contribution in [0.5, 0.6) is 0 Å². The zero-order chi connectivity index (χ0) is 15.5. The lowest BCUT2D eigenvalue weighted by Gasteiger charge is -2.20. The van der Waals surface area contributed by atoms with Gasteiger partial charge in [-0.25, -0.2) is 0 Å². The Balaban J connectivity index is 2.20. The van der Waals surface area contributed by atoms with Gasteiger partial charge in [0.15, 0.2) is 0 Å². The van der Waals surface area contributed by atoms with Crippen LogP contribution >= 0.6 is 0 Å². The van der Waals surface area contributed by atoms with Gasteiger partial charge in [-0.2, -0.15) is 13.2 Å². The molecule has 2 N–H and O–H groups in total. The predicted molar refractivity (Wildman–Crippen MR) is 76.1 cm³/mol. The van der Waals surface area contributed by atoms with Crippen LogP contribution in [0.3, 0.4) is 0 Å². The van der Waals surface area contributed by atoms with Crippen molar-refractivity contribution in [3.8, 4) is 0 Å². The number of para-hydroxylation sites is 1. The molecule has 1 unspecified atom stereocenters. The Kier molecular flexibility index (Phi) is 4.53. The van der Waals surface area contributed by atoms with E-state index in [0.717, 1.165) is 23.4 Å². The Morgan fingerprint density at radius 2 is 1.67 bits per heavy atom. The molecule has 21 heavy (non-hydrogen) atoms. The molecule has 0 saturated carbocycles. The van der Waals surface area contributed by atoms with E-state index < -0.39 is 17.8 Å². The van der Waals surface area contributed by atoms with Crippen LogP contribution in [0.25, 0.3) is 0 Å². The molecule has 0 aliphatic heterocycles. The fourth-order valence-electron chi connectivity index (χ4n) is 2.06. The second-order valence-electron chi connectivity index (χ2n) is 4.81. The zero-order valence-electron chi connectivity index (χ0n) is 11.5. The highest BCUT2D eigenvalue weighted by Gasteiger charge is 2.30. The maximum Gasteiger partial charge on any atom is 0.416 e. The smallest absolute Gasteiger partial charge is 0.394 e. The predicted octanol–water partition coefficient (Wildman–Crippen LogP) is 4.16. The van der Waals surface area contributed by atoms with Crippen LogP contribution in [0, 0.1) is 6.92 Å². The number of hydrogen-bond acceptors (Lipinski definition) is 2. The monoisotopic (exact) mass is 295 g/mol. The molecule has 2 nitrogen and oxygen atoms in total. The normalized spacial score (nSPS) is 13.0. The molecule has 0 heterocycles. The van der Waals surface area contributed by atoms with E-state index in [1.807, 2.05) is 31.2 Å². The standard InChI is InChI=1S/C16H16F3NO/c1-11-4-2-3-5-14(11)20-15(10-21)12-6-8-13(9-7-12)16(17,18)19/h2-9,15,20-21H,10H2,1H3. The Morgan fingerprint density at radius 1 is 1.05 bits per heavy atom. The van der Waals surface area contributed by atoms with Gasteiger partial charge in [0.2, 0.25) is 0 Å². The van der Waals surface area contributed by atoms with E-state index in [4.69, 9.17) is 0 Å². The Morgan fingerprint density at radius 3 is 2.19 bits per heavy atom. The molecule has 0 spiro atoms. The van der Waals surface area contributed by atoms with Crippen LogP contribution in [0.2, 0.25) is 0 Å². The van der Waals surface area contributed by atoms with Gasteiger partial charge < -0.3 is 10.4 Å². The minimum absolute atomic E-state index is 0.209. The molecule has 0 bridgehead atoms. The van der Waals surface area contributed by atoms with E-state index in [1.165, 1.54) is 12.1 Å². The Hall–Kier alpha value is -2.01. The number of aliphatic hydroxyl groups excluding tert-OH is 1. The molecular weight excluding hydrogens is 279 g/mol. The highest BCUT2D eigenvalue weighted by molar-refractivity contribution is 5.52. The summed E-state index contributed by atoms with van der Waals surface area (Å²) in [6.07, 6.45) is -4.35. The first-order valence-corrected chi connectivity index (χ1v) is 6.52. The van der Waals surface area contributed by atoms with Gasteiger partial charge >= 0.3 is 6.18 Å². The number of aryl methyl sites for hydroxylation is 1. The highest BCUT2D eigenvalue weighted by Crippen LogP contribution is 2.30. The number of aliphatic hydroxyl groups is 1. The zero-order valence-corrected chi connectivity index (χ0v) is 11.5. The first kappa shape index (κ1) is 15.4. The average molecular weight is 295 g/mol. The van der Waals surface area contributed by atoms with Crippen molar-refractivity contribution in [3.05, 3.63) is 65.2 Å². The summed E-state index contributed by atoms with van der Waals surface area (Å²) < 4.78 is 37.6. The van der Waals surface area contributed by atoms with E-state index in [0.29, 0.717) is 5.56 Å². The van der Waals surface area contributed by atoms with Gasteiger partial charge in [-0.1, -0.05) is 30.3 Å². The summed E-state index contributed by atoms with van der Waals surface area (Å²) >= 11 is 0. The molecular formula is C16H16F3NO. The van der Waals surface area contributed by atoms with Crippen molar-refractivity contribution in [1.29, 1.82) is 0 Å². The maximum atomic E-state index is 12.5. The summed E-state index contributed by atoms with van der Waals surface area (Å²) in [5, 5.41) is 12.6. The van der Waals surface area contributed by atoms with E-state index in [1.54, 1.807) is 0 Å². The summed E-state index contributed by atoms with van der Waals surface area (Å²) in [6.45, 7) is 1.71. The maximum absolute atomic E-state index is 12.5. The van der Waals surface area contributed by atoms with Crippen molar-refractivity contribution < 1.29 is 18.3 Å². The molecule has 2 aromatic rings. The number of anilines is 1. The Bertz CT molecular complexity index is 593. The molecule has 0 aliphatic rings. The molecule has 0 saturated heterocycles. The summed E-state index contributed by atoms with van der Waals surface area (Å²) in [4.78, 5) is 0. The van der Waals surface area contributed by atoms with E-state index in [-0.39, 0.29) is 6.61 Å². The van der Waals surface area contributed by atoms with Crippen LogP contribution in [-0.2, 0) is 6.18 Å². The van der Waals surface area contributed by atoms with Crippen LogP contribution < -0.4 is 5.32 Å². The van der Waals surface area contributed by atoms with Crippen LogP contribution in [0.15, 0.2) is 48.5 Å². The molecule has 5 heteroatoms. The highest BCUT2D eigenvalue weighted by atomic mass is 19.4. The number of alkyl halides is 3. The SMILES string of the molecule is Cc1ccccc1NC(CO)c1ccc(C(F)(F)F)cc1. The summed E-state index contributed by atoms with van der Waals surface area (Å²) in [6, 6.07) is 11.9. The van der Waals surface area contributed by atoms with Crippen molar-refractivity contribution in [2.24, 2.45) is 0 Å². The van der Waals surface area contributed by atoms with Gasteiger partial charge in [-0.3, -0.25) is 0 Å². The van der Waals surface area contributed by atoms with Crippen molar-refractivity contribution in [1.82, 2.24) is 0 Å². The van der Waals surface area contributed by atoms with Gasteiger partial charge in [0, 0.05) is 5.69 Å². The third-order valence-corrected chi connectivity index (χ3v) is 3.30. The average Bonchev–Trinajstić information content (AvgIpc) is 2.46. The Labute approximate surface area is 121 Å². The van der Waals surface area contributed by atoms with Gasteiger partial charge in [0.1, 0.15) is 0 Å². The van der Waals surface area contributed by atoms with Crippen LogP contribution in [0.1, 0.15) is 22.7 Å². The lowest BCUT2D eigenvalue weighted by molar-refractivity contribution is -0.137. The summed E-state index contributed by atoms with van der Waals surface area (Å²) in [5.41, 5.74) is 1.76. The number of benzene rings is 2. The van der Waals surface area contributed by atoms with Gasteiger partial charge in [0.25, 0.3) is 0 Å². The quantitative estimate of drug-likeness (QED) is 0.887. The van der Waals surface area contributed by atoms with Crippen LogP contribution in [-0.4, -0.2) is 11.7 Å². The third kappa shape index (κ3) is 3.76. The molecule has 0 radical (unpaired) electrons. The van der Waals surface area contributed by atoms with E-state index in [9.17, 15) is 18.3 Å². The van der Waals surface area contributed by atoms with E-state index in [2.05, 4.69) is 5.32 Å². The lowest BCUT2D eigenvalue weighted by Crippen LogP contribution is -2.16. The summed E-state index contributed by atoms with van der Waals surface area (Å²) in [7, 11) is 0.